The zero-order chi connectivity index (χ0) is 14.0. The maximum Gasteiger partial charge on any atom is 0.0853 e. The fraction of sp³-hybridized carbons (Fsp3) is 0.438. The summed E-state index contributed by atoms with van der Waals surface area (Å²) < 4.78 is 1.87. The van der Waals surface area contributed by atoms with Crippen molar-refractivity contribution in [3.63, 3.8) is 0 Å². The second-order valence-corrected chi connectivity index (χ2v) is 5.24. The van der Waals surface area contributed by atoms with Gasteiger partial charge in [-0.2, -0.15) is 5.10 Å². The SMILES string of the molecule is CCc1nn(C)cc1NC(C)c1ccc(C)cc1C. The molecule has 0 aliphatic rings. The molecule has 2 aromatic rings. The van der Waals surface area contributed by atoms with Crippen molar-refractivity contribution >= 4 is 5.69 Å². The second-order valence-electron chi connectivity index (χ2n) is 5.24. The van der Waals surface area contributed by atoms with Crippen LogP contribution in [0, 0.1) is 13.8 Å². The van der Waals surface area contributed by atoms with Gasteiger partial charge in [0.1, 0.15) is 0 Å². The average molecular weight is 257 g/mol. The Kier molecular flexibility index (Phi) is 3.93. The monoisotopic (exact) mass is 257 g/mol. The van der Waals surface area contributed by atoms with E-state index in [1.165, 1.54) is 16.7 Å². The predicted molar refractivity (Wildman–Crippen MR) is 80.5 cm³/mol. The molecule has 2 rings (SSSR count). The van der Waals surface area contributed by atoms with Crippen molar-refractivity contribution in [3.8, 4) is 0 Å². The Bertz CT molecular complexity index is 569. The minimum Gasteiger partial charge on any atom is -0.376 e. The molecule has 1 aromatic heterocycles. The summed E-state index contributed by atoms with van der Waals surface area (Å²) in [7, 11) is 1.96. The van der Waals surface area contributed by atoms with Crippen molar-refractivity contribution in [1.29, 1.82) is 0 Å². The first-order valence-electron chi connectivity index (χ1n) is 6.87. The summed E-state index contributed by atoms with van der Waals surface area (Å²) in [6.07, 6.45) is 3.00. The van der Waals surface area contributed by atoms with Gasteiger partial charge in [-0.15, -0.1) is 0 Å². The zero-order valence-electron chi connectivity index (χ0n) is 12.5. The lowest BCUT2D eigenvalue weighted by molar-refractivity contribution is 0.746. The molecule has 0 spiro atoms. The topological polar surface area (TPSA) is 29.9 Å². The van der Waals surface area contributed by atoms with Crippen LogP contribution in [0.3, 0.4) is 0 Å². The van der Waals surface area contributed by atoms with Crippen molar-refractivity contribution < 1.29 is 0 Å². The fourth-order valence-corrected chi connectivity index (χ4v) is 2.54. The van der Waals surface area contributed by atoms with E-state index in [9.17, 15) is 0 Å². The zero-order valence-corrected chi connectivity index (χ0v) is 12.5. The Morgan fingerprint density at radius 3 is 2.68 bits per heavy atom. The smallest absolute Gasteiger partial charge is 0.0853 e. The standard InChI is InChI=1S/C16H23N3/c1-6-15-16(10-19(5)18-15)17-13(4)14-8-7-11(2)9-12(14)3/h7-10,13,17H,6H2,1-5H3. The van der Waals surface area contributed by atoms with Crippen molar-refractivity contribution in [2.75, 3.05) is 5.32 Å². The van der Waals surface area contributed by atoms with Crippen LogP contribution in [0.2, 0.25) is 0 Å². The lowest BCUT2D eigenvalue weighted by Gasteiger charge is -2.18. The molecule has 1 heterocycles. The third-order valence-electron chi connectivity index (χ3n) is 3.50. The largest absolute Gasteiger partial charge is 0.376 e. The van der Waals surface area contributed by atoms with Crippen molar-refractivity contribution in [2.45, 2.75) is 40.2 Å². The molecule has 102 valence electrons. The Hall–Kier alpha value is -1.77. The number of benzene rings is 1. The van der Waals surface area contributed by atoms with Gasteiger partial charge >= 0.3 is 0 Å². The fourth-order valence-electron chi connectivity index (χ4n) is 2.54. The van der Waals surface area contributed by atoms with E-state index in [1.54, 1.807) is 0 Å². The highest BCUT2D eigenvalue weighted by molar-refractivity contribution is 5.49. The van der Waals surface area contributed by atoms with Crippen LogP contribution in [0.4, 0.5) is 5.69 Å². The second kappa shape index (κ2) is 5.47. The first-order chi connectivity index (χ1) is 9.01. The van der Waals surface area contributed by atoms with Crippen LogP contribution in [0.5, 0.6) is 0 Å². The van der Waals surface area contributed by atoms with Gasteiger partial charge in [-0.1, -0.05) is 30.7 Å². The Morgan fingerprint density at radius 1 is 1.32 bits per heavy atom. The molecule has 3 nitrogen and oxygen atoms in total. The van der Waals surface area contributed by atoms with Crippen LogP contribution in [-0.4, -0.2) is 9.78 Å². The molecule has 0 bridgehead atoms. The normalized spacial score (nSPS) is 12.5. The summed E-state index contributed by atoms with van der Waals surface area (Å²) in [5.74, 6) is 0. The van der Waals surface area contributed by atoms with Crippen LogP contribution >= 0.6 is 0 Å². The molecule has 1 N–H and O–H groups in total. The van der Waals surface area contributed by atoms with Crippen molar-refractivity contribution in [3.05, 3.63) is 46.8 Å². The first-order valence-corrected chi connectivity index (χ1v) is 6.87. The quantitative estimate of drug-likeness (QED) is 0.903. The maximum atomic E-state index is 4.47. The van der Waals surface area contributed by atoms with E-state index in [2.05, 4.69) is 62.5 Å². The number of aryl methyl sites for hydroxylation is 4. The van der Waals surface area contributed by atoms with E-state index < -0.39 is 0 Å². The van der Waals surface area contributed by atoms with Crippen LogP contribution in [0.25, 0.3) is 0 Å². The molecular weight excluding hydrogens is 234 g/mol. The molecule has 1 atom stereocenters. The minimum absolute atomic E-state index is 0.287. The lowest BCUT2D eigenvalue weighted by Crippen LogP contribution is -2.09. The van der Waals surface area contributed by atoms with Gasteiger partial charge in [0.05, 0.1) is 11.4 Å². The Morgan fingerprint density at radius 2 is 2.05 bits per heavy atom. The number of anilines is 1. The molecule has 0 amide bonds. The number of aromatic nitrogens is 2. The van der Waals surface area contributed by atoms with Gasteiger partial charge < -0.3 is 5.32 Å². The lowest BCUT2D eigenvalue weighted by atomic mass is 10.00. The molecule has 3 heteroatoms. The van der Waals surface area contributed by atoms with E-state index in [1.807, 2.05) is 11.7 Å². The molecule has 0 aliphatic heterocycles. The molecule has 0 saturated carbocycles. The van der Waals surface area contributed by atoms with Crippen LogP contribution in [-0.2, 0) is 13.5 Å². The molecular formula is C16H23N3. The van der Waals surface area contributed by atoms with Gasteiger partial charge in [0, 0.05) is 19.3 Å². The molecule has 1 aromatic carbocycles. The van der Waals surface area contributed by atoms with Gasteiger partial charge in [0.15, 0.2) is 0 Å². The van der Waals surface area contributed by atoms with Gasteiger partial charge in [-0.05, 0) is 38.3 Å². The highest BCUT2D eigenvalue weighted by Crippen LogP contribution is 2.24. The van der Waals surface area contributed by atoms with E-state index in [0.717, 1.165) is 17.8 Å². The first kappa shape index (κ1) is 13.7. The van der Waals surface area contributed by atoms with E-state index in [0.29, 0.717) is 0 Å². The summed E-state index contributed by atoms with van der Waals surface area (Å²) in [5.41, 5.74) is 6.25. The highest BCUT2D eigenvalue weighted by Gasteiger charge is 2.12. The molecule has 19 heavy (non-hydrogen) atoms. The Labute approximate surface area is 115 Å². The van der Waals surface area contributed by atoms with Crippen molar-refractivity contribution in [1.82, 2.24) is 9.78 Å². The predicted octanol–water partition coefficient (Wildman–Crippen LogP) is 3.77. The summed E-state index contributed by atoms with van der Waals surface area (Å²) in [6, 6.07) is 6.90. The Balaban J connectivity index is 2.22. The van der Waals surface area contributed by atoms with E-state index in [4.69, 9.17) is 0 Å². The van der Waals surface area contributed by atoms with Crippen LogP contribution in [0.1, 0.15) is 42.3 Å². The number of rotatable bonds is 4. The molecule has 0 radical (unpaired) electrons. The van der Waals surface area contributed by atoms with Gasteiger partial charge in [0.2, 0.25) is 0 Å². The molecule has 0 saturated heterocycles. The number of hydrogen-bond donors (Lipinski definition) is 1. The molecule has 0 fully saturated rings. The van der Waals surface area contributed by atoms with E-state index >= 15 is 0 Å². The molecule has 0 aliphatic carbocycles. The minimum atomic E-state index is 0.287. The van der Waals surface area contributed by atoms with Crippen LogP contribution < -0.4 is 5.32 Å². The summed E-state index contributed by atoms with van der Waals surface area (Å²) in [4.78, 5) is 0. The number of nitrogens with zero attached hydrogens (tertiary/aromatic N) is 2. The maximum absolute atomic E-state index is 4.47. The third kappa shape index (κ3) is 2.98. The van der Waals surface area contributed by atoms with Crippen molar-refractivity contribution in [2.24, 2.45) is 7.05 Å². The number of hydrogen-bond acceptors (Lipinski definition) is 2. The summed E-state index contributed by atoms with van der Waals surface area (Å²) in [6.45, 7) is 8.63. The third-order valence-corrected chi connectivity index (χ3v) is 3.50. The molecule has 1 unspecified atom stereocenters. The summed E-state index contributed by atoms with van der Waals surface area (Å²) >= 11 is 0. The van der Waals surface area contributed by atoms with E-state index in [-0.39, 0.29) is 6.04 Å². The summed E-state index contributed by atoms with van der Waals surface area (Å²) in [5, 5.41) is 8.04. The van der Waals surface area contributed by atoms with Gasteiger partial charge in [-0.3, -0.25) is 4.68 Å². The number of nitrogens with one attached hydrogen (secondary N) is 1. The highest BCUT2D eigenvalue weighted by atomic mass is 15.3. The average Bonchev–Trinajstić information content (AvgIpc) is 2.69. The van der Waals surface area contributed by atoms with Gasteiger partial charge in [-0.25, -0.2) is 0 Å². The van der Waals surface area contributed by atoms with Gasteiger partial charge in [0.25, 0.3) is 0 Å². The van der Waals surface area contributed by atoms with Crippen LogP contribution in [0.15, 0.2) is 24.4 Å².